The molecule has 1 fully saturated rings. The van der Waals surface area contributed by atoms with Crippen LogP contribution in [0.4, 0.5) is 0 Å². The van der Waals surface area contributed by atoms with Crippen LogP contribution in [0.1, 0.15) is 38.7 Å². The lowest BCUT2D eigenvalue weighted by Gasteiger charge is -2.25. The first kappa shape index (κ1) is 13.9. The number of rotatable bonds is 5. The highest BCUT2D eigenvalue weighted by atomic mass is 79.9. The van der Waals surface area contributed by atoms with Crippen molar-refractivity contribution in [3.63, 3.8) is 0 Å². The predicted molar refractivity (Wildman–Crippen MR) is 78.9 cm³/mol. The van der Waals surface area contributed by atoms with Gasteiger partial charge in [0, 0.05) is 5.54 Å². The predicted octanol–water partition coefficient (Wildman–Crippen LogP) is 3.91. The first-order valence-electron chi connectivity index (χ1n) is 6.64. The van der Waals surface area contributed by atoms with E-state index in [2.05, 4.69) is 28.1 Å². The van der Waals surface area contributed by atoms with Crippen molar-refractivity contribution in [3.05, 3.63) is 28.2 Å². The van der Waals surface area contributed by atoms with E-state index in [9.17, 15) is 0 Å². The third kappa shape index (κ3) is 3.99. The molecule has 0 bridgehead atoms. The molecule has 0 saturated heterocycles. The van der Waals surface area contributed by atoms with Crippen LogP contribution in [0.25, 0.3) is 0 Å². The average Bonchev–Trinajstić information content (AvgIpc) is 2.16. The van der Waals surface area contributed by atoms with Crippen LogP contribution in [0.2, 0.25) is 0 Å². The topological polar surface area (TPSA) is 35.2 Å². The fraction of sp³-hybridized carbons (Fsp3) is 0.600. The molecule has 0 aromatic heterocycles. The second kappa shape index (κ2) is 5.62. The van der Waals surface area contributed by atoms with Gasteiger partial charge in [-0.2, -0.15) is 0 Å². The fourth-order valence-electron chi connectivity index (χ4n) is 2.16. The van der Waals surface area contributed by atoms with Crippen molar-refractivity contribution in [1.29, 1.82) is 0 Å². The van der Waals surface area contributed by atoms with Crippen molar-refractivity contribution in [2.45, 2.75) is 45.1 Å². The molecule has 2 N–H and O–H groups in total. The lowest BCUT2D eigenvalue weighted by Crippen LogP contribution is -2.34. The number of hydrogen-bond donors (Lipinski definition) is 1. The Labute approximate surface area is 118 Å². The Morgan fingerprint density at radius 1 is 1.39 bits per heavy atom. The summed E-state index contributed by atoms with van der Waals surface area (Å²) >= 11 is 3.58. The Balaban J connectivity index is 1.95. The summed E-state index contributed by atoms with van der Waals surface area (Å²) in [6.45, 7) is 4.93. The summed E-state index contributed by atoms with van der Waals surface area (Å²) in [5, 5.41) is 0. The molecule has 2 nitrogen and oxygen atoms in total. The van der Waals surface area contributed by atoms with Gasteiger partial charge in [-0.25, -0.2) is 0 Å². The molecule has 3 heteroatoms. The van der Waals surface area contributed by atoms with E-state index in [4.69, 9.17) is 10.5 Å². The largest absolute Gasteiger partial charge is 0.492 e. The van der Waals surface area contributed by atoms with E-state index >= 15 is 0 Å². The van der Waals surface area contributed by atoms with E-state index in [-0.39, 0.29) is 5.54 Å². The maximum atomic E-state index is 6.03. The third-order valence-corrected chi connectivity index (χ3v) is 3.98. The van der Waals surface area contributed by atoms with E-state index in [0.717, 1.165) is 29.2 Å². The molecule has 1 aromatic carbocycles. The first-order chi connectivity index (χ1) is 8.44. The van der Waals surface area contributed by atoms with E-state index in [1.54, 1.807) is 0 Å². The van der Waals surface area contributed by atoms with Crippen LogP contribution in [0.15, 0.2) is 22.7 Å². The maximum absolute atomic E-state index is 6.03. The summed E-state index contributed by atoms with van der Waals surface area (Å²) < 4.78 is 6.88. The monoisotopic (exact) mass is 311 g/mol. The van der Waals surface area contributed by atoms with Gasteiger partial charge in [0.2, 0.25) is 0 Å². The number of halogens is 1. The van der Waals surface area contributed by atoms with Gasteiger partial charge < -0.3 is 10.5 Å². The Hall–Kier alpha value is -0.540. The zero-order chi connectivity index (χ0) is 13.2. The van der Waals surface area contributed by atoms with Crippen LogP contribution in [0.3, 0.4) is 0 Å². The summed E-state index contributed by atoms with van der Waals surface area (Å²) in [7, 11) is 0. The van der Waals surface area contributed by atoms with Gasteiger partial charge in [-0.05, 0) is 72.7 Å². The molecule has 0 radical (unpaired) electrons. The van der Waals surface area contributed by atoms with Crippen LogP contribution in [-0.2, 0) is 6.42 Å². The highest BCUT2D eigenvalue weighted by Gasteiger charge is 2.18. The standard InChI is InChI=1S/C15H22BrNO/c1-15(2,17)9-12-6-7-14(13(16)8-12)18-10-11-4-3-5-11/h6-8,11H,3-5,9-10,17H2,1-2H3. The van der Waals surface area contributed by atoms with Gasteiger partial charge in [0.25, 0.3) is 0 Å². The van der Waals surface area contributed by atoms with Crippen molar-refractivity contribution < 1.29 is 4.74 Å². The van der Waals surface area contributed by atoms with E-state index in [1.807, 2.05) is 19.9 Å². The zero-order valence-electron chi connectivity index (χ0n) is 11.2. The number of benzene rings is 1. The van der Waals surface area contributed by atoms with E-state index in [0.29, 0.717) is 0 Å². The van der Waals surface area contributed by atoms with Gasteiger partial charge in [-0.1, -0.05) is 12.5 Å². The molecule has 0 aliphatic heterocycles. The van der Waals surface area contributed by atoms with Crippen LogP contribution in [-0.4, -0.2) is 12.1 Å². The maximum Gasteiger partial charge on any atom is 0.133 e. The molecule has 100 valence electrons. The van der Waals surface area contributed by atoms with E-state index < -0.39 is 0 Å². The second-order valence-electron chi connectivity index (χ2n) is 6.04. The molecule has 1 aromatic rings. The van der Waals surface area contributed by atoms with Crippen molar-refractivity contribution in [2.24, 2.45) is 11.7 Å². The molecule has 0 unspecified atom stereocenters. The molecule has 0 amide bonds. The molecular weight excluding hydrogens is 290 g/mol. The smallest absolute Gasteiger partial charge is 0.133 e. The van der Waals surface area contributed by atoms with Gasteiger partial charge in [-0.3, -0.25) is 0 Å². The Bertz CT molecular complexity index is 407. The van der Waals surface area contributed by atoms with E-state index in [1.165, 1.54) is 24.8 Å². The summed E-state index contributed by atoms with van der Waals surface area (Å²) in [6.07, 6.45) is 4.86. The zero-order valence-corrected chi connectivity index (χ0v) is 12.8. The first-order valence-corrected chi connectivity index (χ1v) is 7.43. The summed E-state index contributed by atoms with van der Waals surface area (Å²) in [4.78, 5) is 0. The van der Waals surface area contributed by atoms with Crippen LogP contribution >= 0.6 is 15.9 Å². The minimum absolute atomic E-state index is 0.173. The molecule has 0 heterocycles. The van der Waals surface area contributed by atoms with Crippen LogP contribution in [0, 0.1) is 5.92 Å². The van der Waals surface area contributed by atoms with Crippen LogP contribution in [0.5, 0.6) is 5.75 Å². The number of hydrogen-bond acceptors (Lipinski definition) is 2. The molecule has 0 atom stereocenters. The summed E-state index contributed by atoms with van der Waals surface area (Å²) in [5.74, 6) is 1.71. The summed E-state index contributed by atoms with van der Waals surface area (Å²) in [6, 6.07) is 6.27. The molecule has 2 rings (SSSR count). The summed E-state index contributed by atoms with van der Waals surface area (Å²) in [5.41, 5.74) is 7.10. The highest BCUT2D eigenvalue weighted by Crippen LogP contribution is 2.31. The normalized spacial score (nSPS) is 16.4. The van der Waals surface area contributed by atoms with Gasteiger partial charge in [0.15, 0.2) is 0 Å². The Kier molecular flexibility index (Phi) is 4.33. The van der Waals surface area contributed by atoms with Gasteiger partial charge in [0.1, 0.15) is 5.75 Å². The fourth-order valence-corrected chi connectivity index (χ4v) is 2.71. The lowest BCUT2D eigenvalue weighted by atomic mass is 9.86. The van der Waals surface area contributed by atoms with Gasteiger partial charge in [-0.15, -0.1) is 0 Å². The van der Waals surface area contributed by atoms with Crippen LogP contribution < -0.4 is 10.5 Å². The lowest BCUT2D eigenvalue weighted by molar-refractivity contribution is 0.180. The van der Waals surface area contributed by atoms with Crippen molar-refractivity contribution in [1.82, 2.24) is 0 Å². The molecule has 0 spiro atoms. The number of nitrogens with two attached hydrogens (primary N) is 1. The molecule has 1 aliphatic carbocycles. The van der Waals surface area contributed by atoms with Crippen molar-refractivity contribution >= 4 is 15.9 Å². The Morgan fingerprint density at radius 3 is 2.61 bits per heavy atom. The van der Waals surface area contributed by atoms with Gasteiger partial charge in [0.05, 0.1) is 11.1 Å². The van der Waals surface area contributed by atoms with Gasteiger partial charge >= 0.3 is 0 Å². The third-order valence-electron chi connectivity index (χ3n) is 3.36. The molecular formula is C15H22BrNO. The SMILES string of the molecule is CC(C)(N)Cc1ccc(OCC2CCC2)c(Br)c1. The van der Waals surface area contributed by atoms with Crippen molar-refractivity contribution in [2.75, 3.05) is 6.61 Å². The average molecular weight is 312 g/mol. The number of ether oxygens (including phenoxy) is 1. The molecule has 1 saturated carbocycles. The van der Waals surface area contributed by atoms with Crippen molar-refractivity contribution in [3.8, 4) is 5.75 Å². The molecule has 18 heavy (non-hydrogen) atoms. The highest BCUT2D eigenvalue weighted by molar-refractivity contribution is 9.10. The minimum Gasteiger partial charge on any atom is -0.492 e. The minimum atomic E-state index is -0.173. The molecule has 1 aliphatic rings. The second-order valence-corrected chi connectivity index (χ2v) is 6.89. The Morgan fingerprint density at radius 2 is 2.11 bits per heavy atom. The quantitative estimate of drug-likeness (QED) is 0.895.